The van der Waals surface area contributed by atoms with Crippen molar-refractivity contribution in [2.75, 3.05) is 0 Å². The normalized spacial score (nSPS) is 21.5. The molecule has 3 nitrogen and oxygen atoms in total. The highest BCUT2D eigenvalue weighted by Crippen LogP contribution is 2.19. The van der Waals surface area contributed by atoms with Crippen LogP contribution in [0.3, 0.4) is 0 Å². The Morgan fingerprint density at radius 2 is 2.36 bits per heavy atom. The van der Waals surface area contributed by atoms with Crippen molar-refractivity contribution in [1.82, 2.24) is 0 Å². The Morgan fingerprint density at radius 3 is 3.18 bits per heavy atom. The Kier molecular flexibility index (Phi) is 1.18. The maximum absolute atomic E-state index is 5.64. The number of fused-ring (bicyclic) bond motifs is 1. The largest absolute Gasteiger partial charge is 0.397 e. The SMILES string of the molecule is CC1=NC2=NC=C(N)C2=CC1. The van der Waals surface area contributed by atoms with Crippen LogP contribution in [-0.2, 0) is 0 Å². The van der Waals surface area contributed by atoms with Gasteiger partial charge >= 0.3 is 0 Å². The standard InChI is InChI=1S/C8H9N3/c1-5-2-3-6-7(9)4-10-8(6)11-5/h3-4H,2,9H2,1H3. The molecule has 0 aliphatic carbocycles. The first-order valence-electron chi connectivity index (χ1n) is 3.56. The van der Waals surface area contributed by atoms with Gasteiger partial charge in [0.05, 0.1) is 11.9 Å². The van der Waals surface area contributed by atoms with E-state index in [0.29, 0.717) is 0 Å². The van der Waals surface area contributed by atoms with Gasteiger partial charge in [0.15, 0.2) is 5.84 Å². The number of dihydropyridines is 1. The fourth-order valence-corrected chi connectivity index (χ4v) is 1.17. The maximum Gasteiger partial charge on any atom is 0.160 e. The van der Waals surface area contributed by atoms with Crippen molar-refractivity contribution in [3.63, 3.8) is 0 Å². The van der Waals surface area contributed by atoms with Gasteiger partial charge in [0.2, 0.25) is 0 Å². The van der Waals surface area contributed by atoms with E-state index in [2.05, 4.69) is 16.1 Å². The molecule has 0 saturated carbocycles. The lowest BCUT2D eigenvalue weighted by molar-refractivity contribution is 1.30. The van der Waals surface area contributed by atoms with E-state index in [1.54, 1.807) is 6.20 Å². The minimum Gasteiger partial charge on any atom is -0.397 e. The monoisotopic (exact) mass is 147 g/mol. The molecule has 11 heavy (non-hydrogen) atoms. The molecule has 0 fully saturated rings. The molecule has 3 heteroatoms. The zero-order chi connectivity index (χ0) is 7.84. The highest BCUT2D eigenvalue weighted by atomic mass is 15.0. The minimum atomic E-state index is 0.733. The molecular formula is C8H9N3. The smallest absolute Gasteiger partial charge is 0.160 e. The van der Waals surface area contributed by atoms with E-state index in [0.717, 1.165) is 29.2 Å². The topological polar surface area (TPSA) is 50.7 Å². The van der Waals surface area contributed by atoms with Crippen molar-refractivity contribution in [1.29, 1.82) is 0 Å². The highest BCUT2D eigenvalue weighted by Gasteiger charge is 2.17. The minimum absolute atomic E-state index is 0.733. The summed E-state index contributed by atoms with van der Waals surface area (Å²) in [5, 5.41) is 0. The second-order valence-corrected chi connectivity index (χ2v) is 2.71. The summed E-state index contributed by atoms with van der Waals surface area (Å²) in [5.41, 5.74) is 8.47. The Bertz CT molecular complexity index is 318. The average Bonchev–Trinajstić information content (AvgIpc) is 2.32. The zero-order valence-electron chi connectivity index (χ0n) is 6.33. The van der Waals surface area contributed by atoms with Crippen LogP contribution in [0.4, 0.5) is 0 Å². The number of rotatable bonds is 0. The lowest BCUT2D eigenvalue weighted by atomic mass is 10.1. The fraction of sp³-hybridized carbons (Fsp3) is 0.250. The van der Waals surface area contributed by atoms with Gasteiger partial charge in [-0.15, -0.1) is 0 Å². The second kappa shape index (κ2) is 2.05. The first-order chi connectivity index (χ1) is 5.27. The van der Waals surface area contributed by atoms with Crippen LogP contribution in [-0.4, -0.2) is 11.5 Å². The van der Waals surface area contributed by atoms with Crippen molar-refractivity contribution >= 4 is 11.5 Å². The summed E-state index contributed by atoms with van der Waals surface area (Å²) in [7, 11) is 0. The molecule has 2 heterocycles. The Hall–Kier alpha value is -1.38. The first-order valence-corrected chi connectivity index (χ1v) is 3.56. The van der Waals surface area contributed by atoms with Crippen LogP contribution in [0.5, 0.6) is 0 Å². The Morgan fingerprint density at radius 1 is 1.55 bits per heavy atom. The lowest BCUT2D eigenvalue weighted by Crippen LogP contribution is -2.10. The van der Waals surface area contributed by atoms with E-state index in [9.17, 15) is 0 Å². The van der Waals surface area contributed by atoms with Crippen LogP contribution in [0.1, 0.15) is 13.3 Å². The van der Waals surface area contributed by atoms with Gasteiger partial charge in [0.1, 0.15) is 0 Å². The molecule has 0 saturated heterocycles. The third-order valence-electron chi connectivity index (χ3n) is 1.78. The van der Waals surface area contributed by atoms with E-state index in [4.69, 9.17) is 5.73 Å². The molecule has 0 unspecified atom stereocenters. The average molecular weight is 147 g/mol. The third kappa shape index (κ3) is 0.888. The number of hydrogen-bond donors (Lipinski definition) is 1. The van der Waals surface area contributed by atoms with Crippen LogP contribution in [0.2, 0.25) is 0 Å². The van der Waals surface area contributed by atoms with Crippen LogP contribution in [0, 0.1) is 0 Å². The molecule has 0 bridgehead atoms. The van der Waals surface area contributed by atoms with E-state index in [1.165, 1.54) is 0 Å². The van der Waals surface area contributed by atoms with Gasteiger partial charge in [0, 0.05) is 17.7 Å². The highest BCUT2D eigenvalue weighted by molar-refractivity contribution is 6.13. The molecular weight excluding hydrogens is 138 g/mol. The molecule has 0 radical (unpaired) electrons. The third-order valence-corrected chi connectivity index (χ3v) is 1.78. The molecule has 0 amide bonds. The van der Waals surface area contributed by atoms with Crippen molar-refractivity contribution in [3.8, 4) is 0 Å². The number of allylic oxidation sites excluding steroid dienone is 1. The van der Waals surface area contributed by atoms with E-state index < -0.39 is 0 Å². The molecule has 0 aromatic rings. The molecule has 0 spiro atoms. The summed E-state index contributed by atoms with van der Waals surface area (Å²) >= 11 is 0. The predicted octanol–water partition coefficient (Wildman–Crippen LogP) is 0.990. The summed E-state index contributed by atoms with van der Waals surface area (Å²) in [6, 6.07) is 0. The fourth-order valence-electron chi connectivity index (χ4n) is 1.17. The summed E-state index contributed by atoms with van der Waals surface area (Å²) in [6.07, 6.45) is 4.62. The Labute approximate surface area is 65.0 Å². The predicted molar refractivity (Wildman–Crippen MR) is 45.5 cm³/mol. The molecule has 0 atom stereocenters. The van der Waals surface area contributed by atoms with Crippen LogP contribution >= 0.6 is 0 Å². The first kappa shape index (κ1) is 6.34. The van der Waals surface area contributed by atoms with Gasteiger partial charge in [-0.3, -0.25) is 0 Å². The van der Waals surface area contributed by atoms with Crippen LogP contribution in [0.15, 0.2) is 33.5 Å². The molecule has 2 aliphatic rings. The zero-order valence-corrected chi connectivity index (χ0v) is 6.33. The van der Waals surface area contributed by atoms with Crippen LogP contribution < -0.4 is 5.73 Å². The van der Waals surface area contributed by atoms with Gasteiger partial charge in [-0.1, -0.05) is 6.08 Å². The second-order valence-electron chi connectivity index (χ2n) is 2.71. The molecule has 56 valence electrons. The van der Waals surface area contributed by atoms with Gasteiger partial charge in [-0.05, 0) is 6.92 Å². The van der Waals surface area contributed by atoms with Gasteiger partial charge < -0.3 is 5.73 Å². The quantitative estimate of drug-likeness (QED) is 0.545. The molecule has 2 aliphatic heterocycles. The van der Waals surface area contributed by atoms with Crippen molar-refractivity contribution < 1.29 is 0 Å². The van der Waals surface area contributed by atoms with Crippen molar-refractivity contribution in [2.24, 2.45) is 15.7 Å². The molecule has 2 N–H and O–H groups in total. The summed E-state index contributed by atoms with van der Waals surface area (Å²) < 4.78 is 0. The van der Waals surface area contributed by atoms with Crippen molar-refractivity contribution in [3.05, 3.63) is 23.5 Å². The number of nitrogens with two attached hydrogens (primary N) is 1. The molecule has 0 aromatic carbocycles. The van der Waals surface area contributed by atoms with Gasteiger partial charge in [-0.25, -0.2) is 9.98 Å². The lowest BCUT2D eigenvalue weighted by Gasteiger charge is -2.07. The van der Waals surface area contributed by atoms with Crippen molar-refractivity contribution in [2.45, 2.75) is 13.3 Å². The van der Waals surface area contributed by atoms with Crippen LogP contribution in [0.25, 0.3) is 0 Å². The molecule has 0 aromatic heterocycles. The molecule has 2 rings (SSSR count). The van der Waals surface area contributed by atoms with E-state index in [-0.39, 0.29) is 0 Å². The maximum atomic E-state index is 5.64. The van der Waals surface area contributed by atoms with Gasteiger partial charge in [0.25, 0.3) is 0 Å². The number of hydrogen-bond acceptors (Lipinski definition) is 3. The summed E-state index contributed by atoms with van der Waals surface area (Å²) in [5.74, 6) is 0.770. The number of aliphatic imine (C=N–C) groups is 2. The number of amidine groups is 1. The van der Waals surface area contributed by atoms with Gasteiger partial charge in [-0.2, -0.15) is 0 Å². The number of nitrogens with zero attached hydrogens (tertiary/aromatic N) is 2. The summed E-state index contributed by atoms with van der Waals surface area (Å²) in [6.45, 7) is 1.99. The van der Waals surface area contributed by atoms with E-state index in [1.807, 2.05) is 6.92 Å². The Balaban J connectivity index is 2.41. The summed E-state index contributed by atoms with van der Waals surface area (Å²) in [4.78, 5) is 8.32. The van der Waals surface area contributed by atoms with E-state index >= 15 is 0 Å².